The summed E-state index contributed by atoms with van der Waals surface area (Å²) in [6.07, 6.45) is 4.10. The number of carbonyl (C=O) groups is 1. The average molecular weight is 424 g/mol. The fourth-order valence-corrected chi connectivity index (χ4v) is 4.13. The molecule has 31 heavy (non-hydrogen) atoms. The molecule has 3 rings (SSSR count). The summed E-state index contributed by atoms with van der Waals surface area (Å²) in [5.74, 6) is 0.874. The highest BCUT2D eigenvalue weighted by Crippen LogP contribution is 2.22. The number of nitrogens with one attached hydrogen (secondary N) is 1. The monoisotopic (exact) mass is 423 g/mol. The highest BCUT2D eigenvalue weighted by molar-refractivity contribution is 5.74. The Labute approximate surface area is 187 Å². The lowest BCUT2D eigenvalue weighted by Gasteiger charge is -2.38. The van der Waals surface area contributed by atoms with Crippen molar-refractivity contribution < 1.29 is 9.53 Å². The minimum absolute atomic E-state index is 0.0591. The number of hydrogen-bond donors (Lipinski definition) is 1. The molecule has 1 aliphatic heterocycles. The number of likely N-dealkylation sites (tertiary alicyclic amines) is 1. The Kier molecular flexibility index (Phi) is 9.22. The molecule has 0 aromatic heterocycles. The number of ether oxygens (including phenoxy) is 1. The summed E-state index contributed by atoms with van der Waals surface area (Å²) in [6.45, 7) is 9.17. The van der Waals surface area contributed by atoms with E-state index in [1.54, 1.807) is 0 Å². The third-order valence-corrected chi connectivity index (χ3v) is 5.90. The number of rotatable bonds is 10. The molecular formula is C26H37N3O2. The zero-order valence-electron chi connectivity index (χ0n) is 19.1. The minimum atomic E-state index is 0.0591. The van der Waals surface area contributed by atoms with Crippen LogP contribution >= 0.6 is 0 Å². The molecule has 168 valence electrons. The van der Waals surface area contributed by atoms with Gasteiger partial charge < -0.3 is 15.0 Å². The van der Waals surface area contributed by atoms with Crippen LogP contribution in [0.2, 0.25) is 0 Å². The first-order chi connectivity index (χ1) is 15.2. The van der Waals surface area contributed by atoms with E-state index in [9.17, 15) is 4.79 Å². The Morgan fingerprint density at radius 2 is 1.74 bits per heavy atom. The van der Waals surface area contributed by atoms with Gasteiger partial charge in [0.2, 0.25) is 0 Å². The van der Waals surface area contributed by atoms with Crippen LogP contribution in [0.5, 0.6) is 5.75 Å². The Morgan fingerprint density at radius 1 is 1.03 bits per heavy atom. The molecule has 0 bridgehead atoms. The van der Waals surface area contributed by atoms with Gasteiger partial charge in [-0.2, -0.15) is 0 Å². The summed E-state index contributed by atoms with van der Waals surface area (Å²) in [7, 11) is 0. The van der Waals surface area contributed by atoms with Crippen molar-refractivity contribution in [2.24, 2.45) is 0 Å². The topological polar surface area (TPSA) is 44.8 Å². The molecule has 1 saturated heterocycles. The molecule has 0 aliphatic carbocycles. The molecule has 1 aliphatic rings. The van der Waals surface area contributed by atoms with Crippen LogP contribution in [0.15, 0.2) is 54.6 Å². The first-order valence-electron chi connectivity index (χ1n) is 11.7. The van der Waals surface area contributed by atoms with E-state index in [4.69, 9.17) is 4.74 Å². The Bertz CT molecular complexity index is 771. The van der Waals surface area contributed by atoms with Crippen LogP contribution in [0.3, 0.4) is 0 Å². The standard InChI is InChI=1S/C26H37N3O2/c1-3-5-17-27-26(30)29(21-23-11-13-25(14-12-23)31-4-2)24-15-18-28(19-16-24)20-22-9-7-6-8-10-22/h6-14,24H,3-5,15-21H2,1-2H3,(H,27,30). The van der Waals surface area contributed by atoms with Gasteiger partial charge in [-0.25, -0.2) is 4.79 Å². The van der Waals surface area contributed by atoms with Gasteiger partial charge in [-0.3, -0.25) is 4.90 Å². The van der Waals surface area contributed by atoms with Crippen molar-refractivity contribution in [3.63, 3.8) is 0 Å². The van der Waals surface area contributed by atoms with Crippen LogP contribution in [0.4, 0.5) is 4.79 Å². The molecule has 1 N–H and O–H groups in total. The number of unbranched alkanes of at least 4 members (excludes halogenated alkanes) is 1. The van der Waals surface area contributed by atoms with Gasteiger partial charge in [0, 0.05) is 38.8 Å². The molecular weight excluding hydrogens is 386 g/mol. The Morgan fingerprint density at radius 3 is 2.39 bits per heavy atom. The third-order valence-electron chi connectivity index (χ3n) is 5.90. The van der Waals surface area contributed by atoms with Gasteiger partial charge in [-0.05, 0) is 49.4 Å². The highest BCUT2D eigenvalue weighted by Gasteiger charge is 2.28. The number of urea groups is 1. The van der Waals surface area contributed by atoms with Crippen molar-refractivity contribution in [3.05, 3.63) is 65.7 Å². The van der Waals surface area contributed by atoms with E-state index in [2.05, 4.69) is 59.6 Å². The van der Waals surface area contributed by atoms with Crippen LogP contribution in [-0.4, -0.2) is 48.1 Å². The Balaban J connectivity index is 1.61. The van der Waals surface area contributed by atoms with Crippen molar-refractivity contribution in [1.29, 1.82) is 0 Å². The number of carbonyl (C=O) groups excluding carboxylic acids is 1. The lowest BCUT2D eigenvalue weighted by molar-refractivity contribution is 0.113. The van der Waals surface area contributed by atoms with Crippen molar-refractivity contribution in [3.8, 4) is 5.75 Å². The molecule has 0 radical (unpaired) electrons. The van der Waals surface area contributed by atoms with Gasteiger partial charge in [0.1, 0.15) is 5.75 Å². The van der Waals surface area contributed by atoms with Gasteiger partial charge in [-0.15, -0.1) is 0 Å². The first-order valence-corrected chi connectivity index (χ1v) is 11.7. The second-order valence-electron chi connectivity index (χ2n) is 8.28. The maximum absolute atomic E-state index is 13.0. The minimum Gasteiger partial charge on any atom is -0.494 e. The SMILES string of the molecule is CCCCNC(=O)N(Cc1ccc(OCC)cc1)C1CCN(Cc2ccccc2)CC1. The molecule has 0 unspecified atom stereocenters. The molecule has 5 nitrogen and oxygen atoms in total. The molecule has 1 heterocycles. The van der Waals surface area contributed by atoms with Crippen LogP contribution < -0.4 is 10.1 Å². The summed E-state index contributed by atoms with van der Waals surface area (Å²) in [6, 6.07) is 19.1. The van der Waals surface area contributed by atoms with Crippen LogP contribution in [0, 0.1) is 0 Å². The van der Waals surface area contributed by atoms with Gasteiger partial charge in [-0.1, -0.05) is 55.8 Å². The molecule has 5 heteroatoms. The molecule has 1 fully saturated rings. The van der Waals surface area contributed by atoms with Crippen molar-refractivity contribution in [2.45, 2.75) is 58.7 Å². The fraction of sp³-hybridized carbons (Fsp3) is 0.500. The van der Waals surface area contributed by atoms with E-state index >= 15 is 0 Å². The predicted octanol–water partition coefficient (Wildman–Crippen LogP) is 5.06. The number of nitrogens with zero attached hydrogens (tertiary/aromatic N) is 2. The van der Waals surface area contributed by atoms with E-state index in [-0.39, 0.29) is 12.1 Å². The van der Waals surface area contributed by atoms with E-state index in [1.807, 2.05) is 24.0 Å². The molecule has 2 aromatic carbocycles. The Hall–Kier alpha value is -2.53. The summed E-state index contributed by atoms with van der Waals surface area (Å²) >= 11 is 0. The van der Waals surface area contributed by atoms with Crippen LogP contribution in [-0.2, 0) is 13.1 Å². The van der Waals surface area contributed by atoms with E-state index < -0.39 is 0 Å². The average Bonchev–Trinajstić information content (AvgIpc) is 2.80. The molecule has 0 spiro atoms. The zero-order chi connectivity index (χ0) is 21.9. The predicted molar refractivity (Wildman–Crippen MR) is 126 cm³/mol. The van der Waals surface area contributed by atoms with Gasteiger partial charge in [0.15, 0.2) is 0 Å². The second-order valence-corrected chi connectivity index (χ2v) is 8.28. The van der Waals surface area contributed by atoms with Crippen LogP contribution in [0.25, 0.3) is 0 Å². The fourth-order valence-electron chi connectivity index (χ4n) is 4.13. The maximum Gasteiger partial charge on any atom is 0.317 e. The van der Waals surface area contributed by atoms with Crippen molar-refractivity contribution in [1.82, 2.24) is 15.1 Å². The van der Waals surface area contributed by atoms with Crippen LogP contribution in [0.1, 0.15) is 50.7 Å². The normalized spacial score (nSPS) is 14.9. The van der Waals surface area contributed by atoms with Gasteiger partial charge in [0.05, 0.1) is 6.61 Å². The lowest BCUT2D eigenvalue weighted by Crippen LogP contribution is -2.50. The largest absolute Gasteiger partial charge is 0.494 e. The quantitative estimate of drug-likeness (QED) is 0.543. The first kappa shape index (κ1) is 23.1. The summed E-state index contributed by atoms with van der Waals surface area (Å²) in [5, 5.41) is 3.13. The van der Waals surface area contributed by atoms with Gasteiger partial charge in [0.25, 0.3) is 0 Å². The lowest BCUT2D eigenvalue weighted by atomic mass is 10.0. The zero-order valence-corrected chi connectivity index (χ0v) is 19.1. The van der Waals surface area contributed by atoms with E-state index in [0.29, 0.717) is 13.2 Å². The highest BCUT2D eigenvalue weighted by atomic mass is 16.5. The smallest absolute Gasteiger partial charge is 0.317 e. The number of amides is 2. The molecule has 2 amide bonds. The molecule has 0 atom stereocenters. The summed E-state index contributed by atoms with van der Waals surface area (Å²) in [4.78, 5) is 17.6. The summed E-state index contributed by atoms with van der Waals surface area (Å²) < 4.78 is 5.56. The van der Waals surface area contributed by atoms with E-state index in [0.717, 1.165) is 63.2 Å². The number of piperidine rings is 1. The molecule has 2 aromatic rings. The molecule has 0 saturated carbocycles. The number of hydrogen-bond acceptors (Lipinski definition) is 3. The third kappa shape index (κ3) is 7.28. The summed E-state index contributed by atoms with van der Waals surface area (Å²) in [5.41, 5.74) is 2.49. The van der Waals surface area contributed by atoms with Crippen molar-refractivity contribution >= 4 is 6.03 Å². The van der Waals surface area contributed by atoms with E-state index in [1.165, 1.54) is 5.56 Å². The second kappa shape index (κ2) is 12.4. The number of benzene rings is 2. The maximum atomic E-state index is 13.0. The van der Waals surface area contributed by atoms with Gasteiger partial charge >= 0.3 is 6.03 Å². The van der Waals surface area contributed by atoms with Crippen molar-refractivity contribution in [2.75, 3.05) is 26.2 Å².